The summed E-state index contributed by atoms with van der Waals surface area (Å²) in [5.41, 5.74) is 14.8. The van der Waals surface area contributed by atoms with Gasteiger partial charge in [-0.2, -0.15) is 0 Å². The van der Waals surface area contributed by atoms with E-state index in [1.54, 1.807) is 0 Å². The molecule has 3 heteroatoms. The van der Waals surface area contributed by atoms with Gasteiger partial charge < -0.3 is 16.5 Å². The van der Waals surface area contributed by atoms with E-state index in [-0.39, 0.29) is 6.04 Å². The van der Waals surface area contributed by atoms with Crippen LogP contribution >= 0.6 is 0 Å². The Bertz CT molecular complexity index is 445. The molecule has 14 heavy (non-hydrogen) atoms. The number of rotatable bonds is 2. The Morgan fingerprint density at radius 1 is 1.36 bits per heavy atom. The SMILES string of the molecule is CC[C@H](N)c1[nH]c2ccccc2c1N. The minimum Gasteiger partial charge on any atom is -0.397 e. The van der Waals surface area contributed by atoms with E-state index < -0.39 is 0 Å². The van der Waals surface area contributed by atoms with Gasteiger partial charge in [-0.25, -0.2) is 0 Å². The van der Waals surface area contributed by atoms with E-state index in [0.717, 1.165) is 28.7 Å². The number of hydrogen-bond donors (Lipinski definition) is 3. The zero-order valence-electron chi connectivity index (χ0n) is 8.25. The first-order chi connectivity index (χ1) is 6.74. The summed E-state index contributed by atoms with van der Waals surface area (Å²) in [5, 5.41) is 1.06. The van der Waals surface area contributed by atoms with Crippen LogP contribution in [0.1, 0.15) is 25.1 Å². The summed E-state index contributed by atoms with van der Waals surface area (Å²) in [7, 11) is 0. The molecule has 0 saturated carbocycles. The van der Waals surface area contributed by atoms with Crippen LogP contribution in [0.2, 0.25) is 0 Å². The quantitative estimate of drug-likeness (QED) is 0.677. The van der Waals surface area contributed by atoms with Crippen molar-refractivity contribution < 1.29 is 0 Å². The fourth-order valence-corrected chi connectivity index (χ4v) is 1.68. The third kappa shape index (κ3) is 1.26. The van der Waals surface area contributed by atoms with Crippen LogP contribution in [0.25, 0.3) is 10.9 Å². The van der Waals surface area contributed by atoms with E-state index in [0.29, 0.717) is 0 Å². The first-order valence-electron chi connectivity index (χ1n) is 4.85. The number of H-pyrrole nitrogens is 1. The third-order valence-corrected chi connectivity index (χ3v) is 2.59. The maximum Gasteiger partial charge on any atom is 0.0621 e. The van der Waals surface area contributed by atoms with Gasteiger partial charge in [0.1, 0.15) is 0 Å². The van der Waals surface area contributed by atoms with Crippen molar-refractivity contribution in [3.8, 4) is 0 Å². The second-order valence-corrected chi connectivity index (χ2v) is 3.51. The predicted molar refractivity (Wildman–Crippen MR) is 59.9 cm³/mol. The molecule has 1 aromatic heterocycles. The summed E-state index contributed by atoms with van der Waals surface area (Å²) in [6.07, 6.45) is 0.886. The van der Waals surface area contributed by atoms with Crippen LogP contribution < -0.4 is 11.5 Å². The smallest absolute Gasteiger partial charge is 0.0621 e. The average molecular weight is 189 g/mol. The molecular weight excluding hydrogens is 174 g/mol. The van der Waals surface area contributed by atoms with Crippen molar-refractivity contribution in [3.63, 3.8) is 0 Å². The minimum atomic E-state index is 0.00222. The molecule has 0 fully saturated rings. The summed E-state index contributed by atoms with van der Waals surface area (Å²) < 4.78 is 0. The second kappa shape index (κ2) is 3.35. The minimum absolute atomic E-state index is 0.00222. The highest BCUT2D eigenvalue weighted by atomic mass is 14.8. The van der Waals surface area contributed by atoms with Gasteiger partial charge in [-0.1, -0.05) is 25.1 Å². The van der Waals surface area contributed by atoms with Crippen molar-refractivity contribution in [2.45, 2.75) is 19.4 Å². The molecule has 1 atom stereocenters. The molecule has 1 heterocycles. The second-order valence-electron chi connectivity index (χ2n) is 3.51. The Labute approximate surface area is 83.1 Å². The molecule has 2 aromatic rings. The highest BCUT2D eigenvalue weighted by Crippen LogP contribution is 2.28. The number of benzene rings is 1. The number of nitrogens with one attached hydrogen (secondary N) is 1. The van der Waals surface area contributed by atoms with E-state index in [2.05, 4.69) is 11.9 Å². The molecule has 0 aliphatic rings. The average Bonchev–Trinajstić information content (AvgIpc) is 2.56. The number of hydrogen-bond acceptors (Lipinski definition) is 2. The van der Waals surface area contributed by atoms with Crippen LogP contribution in [0.4, 0.5) is 5.69 Å². The summed E-state index contributed by atoms with van der Waals surface area (Å²) in [6, 6.07) is 7.99. The maximum atomic E-state index is 6.00. The molecule has 0 aliphatic heterocycles. The molecular formula is C11H15N3. The predicted octanol–water partition coefficient (Wildman–Crippen LogP) is 2.16. The van der Waals surface area contributed by atoms with Crippen LogP contribution in [0.3, 0.4) is 0 Å². The molecule has 1 aromatic carbocycles. The lowest BCUT2D eigenvalue weighted by Crippen LogP contribution is -2.10. The molecule has 0 radical (unpaired) electrons. The topological polar surface area (TPSA) is 67.8 Å². The molecule has 0 aliphatic carbocycles. The van der Waals surface area contributed by atoms with Crippen LogP contribution in [0.5, 0.6) is 0 Å². The summed E-state index contributed by atoms with van der Waals surface area (Å²) >= 11 is 0. The van der Waals surface area contributed by atoms with Gasteiger partial charge in [0.2, 0.25) is 0 Å². The Morgan fingerprint density at radius 3 is 2.71 bits per heavy atom. The van der Waals surface area contributed by atoms with E-state index in [1.807, 2.05) is 24.3 Å². The number of aromatic nitrogens is 1. The summed E-state index contributed by atoms with van der Waals surface area (Å²) in [6.45, 7) is 2.05. The van der Waals surface area contributed by atoms with E-state index >= 15 is 0 Å². The largest absolute Gasteiger partial charge is 0.397 e. The number of nitrogen functional groups attached to an aromatic ring is 1. The van der Waals surface area contributed by atoms with Gasteiger partial charge in [0, 0.05) is 16.9 Å². The third-order valence-electron chi connectivity index (χ3n) is 2.59. The van der Waals surface area contributed by atoms with Gasteiger partial charge in [-0.05, 0) is 12.5 Å². The summed E-state index contributed by atoms with van der Waals surface area (Å²) in [4.78, 5) is 3.26. The van der Waals surface area contributed by atoms with Crippen molar-refractivity contribution in [2.75, 3.05) is 5.73 Å². The molecule has 0 bridgehead atoms. The number of nitrogens with two attached hydrogens (primary N) is 2. The number of fused-ring (bicyclic) bond motifs is 1. The van der Waals surface area contributed by atoms with Gasteiger partial charge in [0.15, 0.2) is 0 Å². The fraction of sp³-hybridized carbons (Fsp3) is 0.273. The van der Waals surface area contributed by atoms with Crippen molar-refractivity contribution >= 4 is 16.6 Å². The lowest BCUT2D eigenvalue weighted by Gasteiger charge is -2.06. The standard InChI is InChI=1S/C11H15N3/c1-2-8(12)11-10(13)7-5-3-4-6-9(7)14-11/h3-6,8,14H,2,12-13H2,1H3/t8-/m0/s1. The highest BCUT2D eigenvalue weighted by molar-refractivity contribution is 5.93. The molecule has 5 N–H and O–H groups in total. The van der Waals surface area contributed by atoms with Gasteiger partial charge in [0.25, 0.3) is 0 Å². The van der Waals surface area contributed by atoms with Crippen LogP contribution in [0.15, 0.2) is 24.3 Å². The van der Waals surface area contributed by atoms with Gasteiger partial charge in [-0.15, -0.1) is 0 Å². The van der Waals surface area contributed by atoms with E-state index in [1.165, 1.54) is 0 Å². The molecule has 0 spiro atoms. The Balaban J connectivity index is 2.62. The van der Waals surface area contributed by atoms with Crippen LogP contribution in [-0.2, 0) is 0 Å². The molecule has 0 amide bonds. The number of para-hydroxylation sites is 1. The monoisotopic (exact) mass is 189 g/mol. The molecule has 74 valence electrons. The van der Waals surface area contributed by atoms with Gasteiger partial charge in [-0.3, -0.25) is 0 Å². The normalized spacial score (nSPS) is 13.3. The fourth-order valence-electron chi connectivity index (χ4n) is 1.68. The highest BCUT2D eigenvalue weighted by Gasteiger charge is 2.12. The molecule has 2 rings (SSSR count). The maximum absolute atomic E-state index is 6.00. The van der Waals surface area contributed by atoms with Crippen molar-refractivity contribution in [1.82, 2.24) is 4.98 Å². The first kappa shape index (κ1) is 9.09. The van der Waals surface area contributed by atoms with Crippen molar-refractivity contribution in [2.24, 2.45) is 5.73 Å². The zero-order valence-corrected chi connectivity index (χ0v) is 8.25. The Hall–Kier alpha value is -1.48. The molecule has 0 saturated heterocycles. The van der Waals surface area contributed by atoms with Crippen LogP contribution in [-0.4, -0.2) is 4.98 Å². The Morgan fingerprint density at radius 2 is 2.07 bits per heavy atom. The molecule has 0 unspecified atom stereocenters. The van der Waals surface area contributed by atoms with E-state index in [4.69, 9.17) is 11.5 Å². The zero-order chi connectivity index (χ0) is 10.1. The number of aromatic amines is 1. The summed E-state index contributed by atoms with van der Waals surface area (Å²) in [5.74, 6) is 0. The lowest BCUT2D eigenvalue weighted by atomic mass is 10.1. The molecule has 3 nitrogen and oxygen atoms in total. The first-order valence-corrected chi connectivity index (χ1v) is 4.85. The lowest BCUT2D eigenvalue weighted by molar-refractivity contribution is 0.684. The van der Waals surface area contributed by atoms with E-state index in [9.17, 15) is 0 Å². The number of anilines is 1. The van der Waals surface area contributed by atoms with Gasteiger partial charge >= 0.3 is 0 Å². The van der Waals surface area contributed by atoms with Crippen molar-refractivity contribution in [3.05, 3.63) is 30.0 Å². The van der Waals surface area contributed by atoms with Gasteiger partial charge in [0.05, 0.1) is 11.4 Å². The Kier molecular flexibility index (Phi) is 2.17. The van der Waals surface area contributed by atoms with Crippen molar-refractivity contribution in [1.29, 1.82) is 0 Å². The van der Waals surface area contributed by atoms with Crippen LogP contribution in [0, 0.1) is 0 Å².